The largest absolute Gasteiger partial charge is 0.441 e. The second-order valence-corrected chi connectivity index (χ2v) is 8.39. The van der Waals surface area contributed by atoms with Gasteiger partial charge >= 0.3 is 6.09 Å². The van der Waals surface area contributed by atoms with Gasteiger partial charge < -0.3 is 9.26 Å². The van der Waals surface area contributed by atoms with Crippen molar-refractivity contribution in [1.29, 1.82) is 0 Å². The van der Waals surface area contributed by atoms with E-state index >= 15 is 0 Å². The maximum absolute atomic E-state index is 12.4. The van der Waals surface area contributed by atoms with Crippen LogP contribution in [0, 0.1) is 24.7 Å². The van der Waals surface area contributed by atoms with Gasteiger partial charge in [0, 0.05) is 5.56 Å². The van der Waals surface area contributed by atoms with E-state index in [9.17, 15) is 4.79 Å². The highest BCUT2D eigenvalue weighted by atomic mass is 16.6. The molecule has 2 aromatic carbocycles. The average molecular weight is 425 g/mol. The molecule has 5 nitrogen and oxygen atoms in total. The molecule has 0 saturated heterocycles. The Morgan fingerprint density at radius 1 is 1.19 bits per heavy atom. The molecule has 32 heavy (non-hydrogen) atoms. The van der Waals surface area contributed by atoms with Crippen molar-refractivity contribution in [2.24, 2.45) is 5.92 Å². The third kappa shape index (κ3) is 4.31. The van der Waals surface area contributed by atoms with Crippen molar-refractivity contribution < 1.29 is 14.1 Å². The summed E-state index contributed by atoms with van der Waals surface area (Å²) in [4.78, 5) is 12.4. The topological polar surface area (TPSA) is 64.4 Å². The number of nitrogens with one attached hydrogen (secondary N) is 1. The van der Waals surface area contributed by atoms with Crippen molar-refractivity contribution in [2.45, 2.75) is 39.2 Å². The van der Waals surface area contributed by atoms with Crippen LogP contribution in [0.3, 0.4) is 0 Å². The number of hydrogen-bond acceptors (Lipinski definition) is 4. The SMILES string of the molecule is Cc1noc(C#Cc2ccc3c(c2)CC(C2CC2)=C3)c1NC(=O)OC(C)c1ccccc1. The number of hydrogen-bond donors (Lipinski definition) is 1. The Morgan fingerprint density at radius 2 is 2.00 bits per heavy atom. The summed E-state index contributed by atoms with van der Waals surface area (Å²) in [6, 6.07) is 15.9. The predicted octanol–water partition coefficient (Wildman–Crippen LogP) is 6.04. The molecule has 5 heteroatoms. The van der Waals surface area contributed by atoms with E-state index in [1.807, 2.05) is 43.3 Å². The van der Waals surface area contributed by atoms with Gasteiger partial charge in [-0.05, 0) is 73.8 Å². The standard InChI is InChI=1S/C27H24N2O3/c1-17-26(28-27(30)31-18(2)20-6-4-3-5-7-20)25(32-29-17)13-9-19-8-10-22-15-24(21-11-12-21)16-23(22)14-19/h3-8,10,14-15,18,21H,11-12,16H2,1-2H3,(H,28,30). The van der Waals surface area contributed by atoms with Gasteiger partial charge in [-0.2, -0.15) is 0 Å². The van der Waals surface area contributed by atoms with Crippen molar-refractivity contribution in [2.75, 3.05) is 5.32 Å². The maximum Gasteiger partial charge on any atom is 0.412 e. The summed E-state index contributed by atoms with van der Waals surface area (Å²) in [7, 11) is 0. The molecule has 1 aromatic heterocycles. The summed E-state index contributed by atoms with van der Waals surface area (Å²) in [5.41, 5.74) is 6.98. The molecule has 2 aliphatic rings. The quantitative estimate of drug-likeness (QED) is 0.519. The van der Waals surface area contributed by atoms with Crippen molar-refractivity contribution in [3.63, 3.8) is 0 Å². The van der Waals surface area contributed by atoms with E-state index in [0.29, 0.717) is 17.1 Å². The number of allylic oxidation sites excluding steroid dienone is 1. The van der Waals surface area contributed by atoms with Crippen LogP contribution in [0.5, 0.6) is 0 Å². The van der Waals surface area contributed by atoms with Crippen LogP contribution < -0.4 is 5.32 Å². The molecule has 1 saturated carbocycles. The number of amides is 1. The fourth-order valence-corrected chi connectivity index (χ4v) is 3.98. The fraction of sp³-hybridized carbons (Fsp3) is 0.259. The number of benzene rings is 2. The van der Waals surface area contributed by atoms with Crippen LogP contribution in [0.15, 0.2) is 58.6 Å². The van der Waals surface area contributed by atoms with Crippen LogP contribution >= 0.6 is 0 Å². The summed E-state index contributed by atoms with van der Waals surface area (Å²) >= 11 is 0. The van der Waals surface area contributed by atoms with Crippen LogP contribution in [0.25, 0.3) is 6.08 Å². The van der Waals surface area contributed by atoms with Crippen LogP contribution in [0.2, 0.25) is 0 Å². The zero-order valence-corrected chi connectivity index (χ0v) is 18.1. The lowest BCUT2D eigenvalue weighted by atomic mass is 10.0. The Morgan fingerprint density at radius 3 is 2.78 bits per heavy atom. The third-order valence-corrected chi connectivity index (χ3v) is 5.94. The number of fused-ring (bicyclic) bond motifs is 1. The normalized spacial score (nSPS) is 15.2. The van der Waals surface area contributed by atoms with Gasteiger partial charge in [-0.1, -0.05) is 59.1 Å². The average Bonchev–Trinajstić information content (AvgIpc) is 3.48. The van der Waals surface area contributed by atoms with Crippen molar-refractivity contribution >= 4 is 17.9 Å². The highest BCUT2D eigenvalue weighted by molar-refractivity contribution is 5.87. The van der Waals surface area contributed by atoms with Gasteiger partial charge in [-0.15, -0.1) is 0 Å². The van der Waals surface area contributed by atoms with E-state index in [-0.39, 0.29) is 6.10 Å². The molecule has 160 valence electrons. The monoisotopic (exact) mass is 424 g/mol. The number of nitrogens with zero attached hydrogens (tertiary/aromatic N) is 1. The third-order valence-electron chi connectivity index (χ3n) is 5.94. The number of carbonyl (C=O) groups is 1. The van der Waals surface area contributed by atoms with Crippen LogP contribution in [0.4, 0.5) is 10.5 Å². The van der Waals surface area contributed by atoms with Gasteiger partial charge in [0.15, 0.2) is 0 Å². The number of aromatic nitrogens is 1. The minimum Gasteiger partial charge on any atom is -0.441 e. The van der Waals surface area contributed by atoms with Crippen LogP contribution in [0.1, 0.15) is 59.6 Å². The van der Waals surface area contributed by atoms with E-state index in [0.717, 1.165) is 23.5 Å². The number of rotatable bonds is 4. The van der Waals surface area contributed by atoms with Gasteiger partial charge in [0.1, 0.15) is 17.5 Å². The summed E-state index contributed by atoms with van der Waals surface area (Å²) < 4.78 is 10.8. The van der Waals surface area contributed by atoms with Gasteiger partial charge in [0.2, 0.25) is 5.76 Å². The number of anilines is 1. The second-order valence-electron chi connectivity index (χ2n) is 8.39. The highest BCUT2D eigenvalue weighted by Crippen LogP contribution is 2.42. The van der Waals surface area contributed by atoms with E-state index in [2.05, 4.69) is 40.5 Å². The zero-order chi connectivity index (χ0) is 22.1. The van der Waals surface area contributed by atoms with Gasteiger partial charge in [0.05, 0.1) is 0 Å². The zero-order valence-electron chi connectivity index (χ0n) is 18.1. The lowest BCUT2D eigenvalue weighted by Gasteiger charge is -2.13. The van der Waals surface area contributed by atoms with Crippen LogP contribution in [-0.4, -0.2) is 11.2 Å². The van der Waals surface area contributed by atoms with Crippen molar-refractivity contribution in [3.8, 4) is 11.8 Å². The minimum atomic E-state index is -0.577. The van der Waals surface area contributed by atoms with Crippen LogP contribution in [-0.2, 0) is 11.2 Å². The lowest BCUT2D eigenvalue weighted by Crippen LogP contribution is -2.16. The molecule has 0 aliphatic heterocycles. The first-order chi connectivity index (χ1) is 15.6. The number of aryl methyl sites for hydroxylation is 1. The lowest BCUT2D eigenvalue weighted by molar-refractivity contribution is 0.121. The van der Waals surface area contributed by atoms with Gasteiger partial charge in [-0.3, -0.25) is 5.32 Å². The van der Waals surface area contributed by atoms with Crippen molar-refractivity contribution in [3.05, 3.63) is 87.8 Å². The Balaban J connectivity index is 1.28. The first-order valence-corrected chi connectivity index (χ1v) is 10.9. The van der Waals surface area contributed by atoms with E-state index in [4.69, 9.17) is 9.26 Å². The number of ether oxygens (including phenoxy) is 1. The minimum absolute atomic E-state index is 0.309. The molecular weight excluding hydrogens is 400 g/mol. The molecule has 1 atom stereocenters. The van der Waals surface area contributed by atoms with Gasteiger partial charge in [-0.25, -0.2) is 4.79 Å². The Kier molecular flexibility index (Phi) is 5.28. The Hall–Kier alpha value is -3.78. The molecule has 0 radical (unpaired) electrons. The molecule has 0 bridgehead atoms. The van der Waals surface area contributed by atoms with E-state index in [1.54, 1.807) is 12.5 Å². The van der Waals surface area contributed by atoms with Crippen molar-refractivity contribution in [1.82, 2.24) is 5.16 Å². The summed E-state index contributed by atoms with van der Waals surface area (Å²) in [5, 5.41) is 6.69. The highest BCUT2D eigenvalue weighted by Gasteiger charge is 2.28. The summed E-state index contributed by atoms with van der Waals surface area (Å²) in [6.45, 7) is 3.58. The first kappa shape index (κ1) is 20.1. The molecule has 1 heterocycles. The fourth-order valence-electron chi connectivity index (χ4n) is 3.98. The molecule has 2 aliphatic carbocycles. The molecular formula is C27H24N2O3. The molecule has 3 aromatic rings. The Bertz CT molecular complexity index is 1260. The van der Waals surface area contributed by atoms with E-state index in [1.165, 1.54) is 24.0 Å². The molecule has 0 spiro atoms. The first-order valence-electron chi connectivity index (χ1n) is 10.9. The molecule has 1 N–H and O–H groups in total. The molecule has 5 rings (SSSR count). The second kappa shape index (κ2) is 8.39. The maximum atomic E-state index is 12.4. The van der Waals surface area contributed by atoms with Gasteiger partial charge in [0.25, 0.3) is 0 Å². The number of carbonyl (C=O) groups excluding carboxylic acids is 1. The van der Waals surface area contributed by atoms with E-state index < -0.39 is 6.09 Å². The summed E-state index contributed by atoms with van der Waals surface area (Å²) in [6.07, 6.45) is 5.03. The summed E-state index contributed by atoms with van der Waals surface area (Å²) in [5.74, 6) is 7.25. The molecule has 1 fully saturated rings. The molecule has 1 amide bonds. The Labute approximate surface area is 187 Å². The smallest absolute Gasteiger partial charge is 0.412 e. The molecule has 1 unspecified atom stereocenters. The predicted molar refractivity (Wildman–Crippen MR) is 123 cm³/mol.